The van der Waals surface area contributed by atoms with Gasteiger partial charge in [0.05, 0.1) is 0 Å². The summed E-state index contributed by atoms with van der Waals surface area (Å²) < 4.78 is 12.2. The van der Waals surface area contributed by atoms with Crippen LogP contribution in [0.5, 0.6) is 11.5 Å². The summed E-state index contributed by atoms with van der Waals surface area (Å²) >= 11 is 0.114. The van der Waals surface area contributed by atoms with Gasteiger partial charge in [0.2, 0.25) is 0 Å². The number of hydrogen-bond acceptors (Lipinski definition) is 3. The molecule has 0 saturated heterocycles. The van der Waals surface area contributed by atoms with E-state index in [1.54, 1.807) is 0 Å². The van der Waals surface area contributed by atoms with Gasteiger partial charge in [0, 0.05) is 0 Å². The summed E-state index contributed by atoms with van der Waals surface area (Å²) in [6, 6.07) is 64.0. The first-order valence-corrected chi connectivity index (χ1v) is 24.8. The van der Waals surface area contributed by atoms with Crippen LogP contribution in [-0.2, 0) is 31.9 Å². The minimum atomic E-state index is 0. The molecule has 316 valence electrons. The summed E-state index contributed by atoms with van der Waals surface area (Å²) in [5.74, 6) is 1.21. The molecule has 10 rings (SSSR count). The molecule has 0 unspecified atom stereocenters. The Hall–Kier alpha value is -5.37. The number of benzene rings is 6. The van der Waals surface area contributed by atoms with Gasteiger partial charge in [-0.3, -0.25) is 0 Å². The molecular weight excluding hydrogens is 1090 g/mol. The number of aromatic nitrogens is 2. The second-order valence-electron chi connectivity index (χ2n) is 18.2. The van der Waals surface area contributed by atoms with E-state index in [9.17, 15) is 0 Å². The van der Waals surface area contributed by atoms with Crippen molar-refractivity contribution in [2.45, 2.75) is 52.4 Å². The standard InChI is InChI=1S/C58H46N2OSe2.Pt/c1-57(2,3)47-21-17-39(18-22-47)51-35-41-25-27-59-53(55(41)62-51)45-29-43(37-13-9-7-10-14-37)31-49(33-45)61-50-32-44(38-15-11-8-12-16-38)30-46(34-50)54-56-42(26-28-60-54)36-52(63-56)40-19-23-48(24-20-40)58(4,5)6;/h7-32,35-36H,1-6H3;/q-2;+2. The molecule has 0 amide bonds. The van der Waals surface area contributed by atoms with Crippen LogP contribution in [0.4, 0.5) is 0 Å². The van der Waals surface area contributed by atoms with Gasteiger partial charge in [-0.1, -0.05) is 0 Å². The van der Waals surface area contributed by atoms with E-state index in [4.69, 9.17) is 14.7 Å². The summed E-state index contributed by atoms with van der Waals surface area (Å²) in [5.41, 5.74) is 13.4. The van der Waals surface area contributed by atoms with Crippen molar-refractivity contribution >= 4 is 48.3 Å². The van der Waals surface area contributed by atoms with Crippen LogP contribution in [0.3, 0.4) is 0 Å². The maximum atomic E-state index is 6.94. The molecule has 10 aromatic rings. The predicted octanol–water partition coefficient (Wildman–Crippen LogP) is 14.9. The maximum absolute atomic E-state index is 6.94. The molecule has 0 saturated carbocycles. The largest absolute Gasteiger partial charge is 2.00 e. The van der Waals surface area contributed by atoms with E-state index < -0.39 is 0 Å². The van der Waals surface area contributed by atoms with Crippen molar-refractivity contribution in [3.8, 4) is 76.3 Å². The van der Waals surface area contributed by atoms with Gasteiger partial charge in [0.25, 0.3) is 0 Å². The minimum Gasteiger partial charge on any atom is 2.00 e. The zero-order valence-corrected chi connectivity index (χ0v) is 42.3. The van der Waals surface area contributed by atoms with Gasteiger partial charge in [-0.2, -0.15) is 0 Å². The Kier molecular flexibility index (Phi) is 12.3. The van der Waals surface area contributed by atoms with E-state index >= 15 is 0 Å². The monoisotopic (exact) mass is 1140 g/mol. The van der Waals surface area contributed by atoms with E-state index in [1.807, 2.05) is 12.4 Å². The zero-order valence-electron chi connectivity index (χ0n) is 36.6. The third kappa shape index (κ3) is 9.12. The molecule has 3 nitrogen and oxygen atoms in total. The van der Waals surface area contributed by atoms with Gasteiger partial charge in [0.1, 0.15) is 0 Å². The molecule has 0 N–H and O–H groups in total. The fourth-order valence-corrected chi connectivity index (χ4v) is 12.9. The van der Waals surface area contributed by atoms with Gasteiger partial charge in [0.15, 0.2) is 0 Å². The zero-order chi connectivity index (χ0) is 43.3. The Balaban J connectivity index is 0.00000518. The number of pyridine rings is 2. The summed E-state index contributed by atoms with van der Waals surface area (Å²) in [6.45, 7) is 13.6. The molecular formula is C58H46N2OPtSe2. The Morgan fingerprint density at radius 3 is 1.19 bits per heavy atom. The summed E-state index contributed by atoms with van der Waals surface area (Å²) in [4.78, 5) is 10.1. The SMILES string of the molecule is CC(C)(C)c1ccc(-c2cc3ccnc(-c4[c-]c(Oc5[c-]c(-c6nccc7cc(-c8ccc(C(C)(C)C)cc8)[se]c67)cc(-c6ccccc6)c5)cc(-c5ccccc5)c4)c3[se]2)cc1.[Pt+2]. The fourth-order valence-electron chi connectivity index (χ4n) is 8.03. The molecule has 4 aromatic heterocycles. The quantitative estimate of drug-likeness (QED) is 0.112. The molecule has 0 fully saturated rings. The van der Waals surface area contributed by atoms with Gasteiger partial charge in [-0.25, -0.2) is 0 Å². The van der Waals surface area contributed by atoms with Crippen LogP contribution in [0.1, 0.15) is 52.7 Å². The Morgan fingerprint density at radius 1 is 0.422 bits per heavy atom. The van der Waals surface area contributed by atoms with Crippen molar-refractivity contribution in [1.82, 2.24) is 9.97 Å². The first-order chi connectivity index (χ1) is 30.4. The van der Waals surface area contributed by atoms with Gasteiger partial charge in [-0.15, -0.1) is 0 Å². The molecule has 0 atom stereocenters. The number of nitrogens with zero attached hydrogens (tertiary/aromatic N) is 2. The van der Waals surface area contributed by atoms with Gasteiger partial charge < -0.3 is 0 Å². The van der Waals surface area contributed by atoms with Crippen molar-refractivity contribution in [3.63, 3.8) is 0 Å². The van der Waals surface area contributed by atoms with Gasteiger partial charge in [-0.05, 0) is 0 Å². The topological polar surface area (TPSA) is 35.0 Å². The molecule has 6 heteroatoms. The van der Waals surface area contributed by atoms with Crippen LogP contribution in [0.25, 0.3) is 84.1 Å². The second kappa shape index (κ2) is 17.9. The molecule has 64 heavy (non-hydrogen) atoms. The van der Waals surface area contributed by atoms with Crippen LogP contribution in [0.2, 0.25) is 0 Å². The number of fused-ring (bicyclic) bond motifs is 2. The maximum Gasteiger partial charge on any atom is 2.00 e. The van der Waals surface area contributed by atoms with Crippen LogP contribution >= 0.6 is 0 Å². The third-order valence-corrected chi connectivity index (χ3v) is 16.6. The summed E-state index contributed by atoms with van der Waals surface area (Å²) in [6.07, 6.45) is 3.85. The first kappa shape index (κ1) is 43.9. The summed E-state index contributed by atoms with van der Waals surface area (Å²) in [7, 11) is 0. The van der Waals surface area contributed by atoms with Crippen LogP contribution in [0.15, 0.2) is 170 Å². The molecule has 0 aliphatic carbocycles. The minimum absolute atomic E-state index is 0. The predicted molar refractivity (Wildman–Crippen MR) is 265 cm³/mol. The Labute approximate surface area is 403 Å². The molecule has 0 spiro atoms. The third-order valence-electron chi connectivity index (χ3n) is 11.6. The summed E-state index contributed by atoms with van der Waals surface area (Å²) in [5, 5.41) is 2.43. The van der Waals surface area contributed by atoms with Crippen LogP contribution in [-0.4, -0.2) is 39.0 Å². The second-order valence-corrected chi connectivity index (χ2v) is 22.6. The Bertz CT molecular complexity index is 3030. The van der Waals surface area contributed by atoms with Crippen molar-refractivity contribution in [3.05, 3.63) is 193 Å². The van der Waals surface area contributed by atoms with E-state index in [0.717, 1.165) is 44.8 Å². The van der Waals surface area contributed by atoms with Crippen molar-refractivity contribution in [1.29, 1.82) is 0 Å². The average Bonchev–Trinajstić information content (AvgIpc) is 3.95. The average molecular weight is 1140 g/mol. The molecule has 0 aliphatic heterocycles. The smallest absolute Gasteiger partial charge is 2.00 e. The van der Waals surface area contributed by atoms with Crippen molar-refractivity contribution < 1.29 is 25.8 Å². The first-order valence-electron chi connectivity index (χ1n) is 21.4. The van der Waals surface area contributed by atoms with Crippen molar-refractivity contribution in [2.24, 2.45) is 0 Å². The van der Waals surface area contributed by atoms with E-state index in [0.29, 0.717) is 11.5 Å². The van der Waals surface area contributed by atoms with Crippen LogP contribution in [0, 0.1) is 12.1 Å². The molecule has 0 radical (unpaired) electrons. The Morgan fingerprint density at radius 2 is 0.812 bits per heavy atom. The van der Waals surface area contributed by atoms with Gasteiger partial charge >= 0.3 is 406 Å². The normalized spacial score (nSPS) is 11.8. The van der Waals surface area contributed by atoms with Crippen molar-refractivity contribution in [2.75, 3.05) is 0 Å². The van der Waals surface area contributed by atoms with E-state index in [2.05, 4.69) is 211 Å². The number of ether oxygens (including phenoxy) is 1. The fraction of sp³-hybridized carbons (Fsp3) is 0.138. The van der Waals surface area contributed by atoms with E-state index in [1.165, 1.54) is 50.4 Å². The van der Waals surface area contributed by atoms with Crippen LogP contribution < -0.4 is 4.74 Å². The number of hydrogen-bond donors (Lipinski definition) is 0. The molecule has 0 aliphatic rings. The molecule has 6 aromatic carbocycles. The van der Waals surface area contributed by atoms with E-state index in [-0.39, 0.29) is 60.9 Å². The molecule has 0 bridgehead atoms. The number of rotatable bonds is 8. The molecule has 4 heterocycles.